The van der Waals surface area contributed by atoms with Crippen LogP contribution in [-0.4, -0.2) is 5.91 Å². The average molecular weight is 252 g/mol. The van der Waals surface area contributed by atoms with Crippen molar-refractivity contribution < 1.29 is 4.79 Å². The van der Waals surface area contributed by atoms with E-state index in [0.717, 1.165) is 24.1 Å². The predicted octanol–water partition coefficient (Wildman–Crippen LogP) is 3.94. The van der Waals surface area contributed by atoms with E-state index in [1.807, 2.05) is 24.3 Å². The van der Waals surface area contributed by atoms with Crippen molar-refractivity contribution in [3.63, 3.8) is 0 Å². The highest BCUT2D eigenvalue weighted by Crippen LogP contribution is 2.25. The molecule has 1 aromatic rings. The third-order valence-corrected chi connectivity index (χ3v) is 3.66. The summed E-state index contributed by atoms with van der Waals surface area (Å²) in [4.78, 5) is 12.0. The molecule has 0 saturated heterocycles. The molecule has 17 heavy (non-hydrogen) atoms. The third kappa shape index (κ3) is 3.47. The van der Waals surface area contributed by atoms with Crippen LogP contribution in [0.3, 0.4) is 0 Å². The van der Waals surface area contributed by atoms with E-state index in [-0.39, 0.29) is 11.8 Å². The number of benzene rings is 1. The Bertz CT molecular complexity index is 368. The minimum Gasteiger partial charge on any atom is -0.326 e. The molecule has 2 rings (SSSR count). The first-order valence-electron chi connectivity index (χ1n) is 6.25. The van der Waals surface area contributed by atoms with Crippen LogP contribution in [0, 0.1) is 5.92 Å². The van der Waals surface area contributed by atoms with Crippen LogP contribution in [0.2, 0.25) is 0 Å². The van der Waals surface area contributed by atoms with Crippen molar-refractivity contribution in [3.8, 4) is 0 Å². The van der Waals surface area contributed by atoms with Crippen molar-refractivity contribution in [2.75, 3.05) is 5.32 Å². The van der Waals surface area contributed by atoms with Crippen molar-refractivity contribution in [3.05, 3.63) is 29.8 Å². The maximum atomic E-state index is 12.0. The molecule has 0 spiro atoms. The summed E-state index contributed by atoms with van der Waals surface area (Å²) in [5.41, 5.74) is 1.94. The molecule has 1 saturated carbocycles. The van der Waals surface area contributed by atoms with E-state index in [1.54, 1.807) is 0 Å². The van der Waals surface area contributed by atoms with E-state index in [1.165, 1.54) is 19.3 Å². The lowest BCUT2D eigenvalue weighted by molar-refractivity contribution is -0.120. The molecule has 92 valence electrons. The van der Waals surface area contributed by atoms with Crippen molar-refractivity contribution in [2.45, 2.75) is 38.0 Å². The number of halogens is 1. The number of carbonyl (C=O) groups excluding carboxylic acids is 1. The molecule has 1 N–H and O–H groups in total. The molecule has 0 aromatic heterocycles. The first-order valence-corrected chi connectivity index (χ1v) is 6.79. The van der Waals surface area contributed by atoms with Gasteiger partial charge in [-0.25, -0.2) is 0 Å². The van der Waals surface area contributed by atoms with Gasteiger partial charge in [-0.2, -0.15) is 0 Å². The van der Waals surface area contributed by atoms with Gasteiger partial charge in [0.1, 0.15) is 0 Å². The van der Waals surface area contributed by atoms with Gasteiger partial charge in [0.05, 0.1) is 0 Å². The van der Waals surface area contributed by atoms with Crippen LogP contribution >= 0.6 is 11.6 Å². The molecule has 1 aliphatic rings. The molecule has 1 aliphatic carbocycles. The molecule has 0 aliphatic heterocycles. The Morgan fingerprint density at radius 1 is 1.18 bits per heavy atom. The van der Waals surface area contributed by atoms with Gasteiger partial charge in [-0.3, -0.25) is 4.79 Å². The summed E-state index contributed by atoms with van der Waals surface area (Å²) in [6.45, 7) is 0. The van der Waals surface area contributed by atoms with Gasteiger partial charge in [0, 0.05) is 17.5 Å². The largest absolute Gasteiger partial charge is 0.326 e. The summed E-state index contributed by atoms with van der Waals surface area (Å²) < 4.78 is 0. The molecule has 0 heterocycles. The summed E-state index contributed by atoms with van der Waals surface area (Å²) in [5, 5.41) is 2.98. The standard InChI is InChI=1S/C14H18ClNO/c15-10-11-6-8-13(9-7-11)16-14(17)12-4-2-1-3-5-12/h6-9,12H,1-5,10H2,(H,16,17). The number of anilines is 1. The first-order chi connectivity index (χ1) is 8.29. The highest BCUT2D eigenvalue weighted by molar-refractivity contribution is 6.17. The molecule has 0 atom stereocenters. The van der Waals surface area contributed by atoms with Gasteiger partial charge in [0.2, 0.25) is 5.91 Å². The monoisotopic (exact) mass is 251 g/mol. The van der Waals surface area contributed by atoms with Crippen molar-refractivity contribution in [1.29, 1.82) is 0 Å². The van der Waals surface area contributed by atoms with Crippen LogP contribution in [0.25, 0.3) is 0 Å². The number of amides is 1. The molecule has 1 amide bonds. The summed E-state index contributed by atoms with van der Waals surface area (Å²) in [5.74, 6) is 0.886. The predicted molar refractivity (Wildman–Crippen MR) is 71.2 cm³/mol. The summed E-state index contributed by atoms with van der Waals surface area (Å²) in [6.07, 6.45) is 5.71. The van der Waals surface area contributed by atoms with Gasteiger partial charge in [-0.05, 0) is 30.5 Å². The average Bonchev–Trinajstić information content (AvgIpc) is 2.40. The number of nitrogens with one attached hydrogen (secondary N) is 1. The van der Waals surface area contributed by atoms with Crippen LogP contribution in [0.15, 0.2) is 24.3 Å². The second kappa shape index (κ2) is 6.06. The summed E-state index contributed by atoms with van der Waals surface area (Å²) in [7, 11) is 0. The summed E-state index contributed by atoms with van der Waals surface area (Å²) in [6, 6.07) is 7.73. The lowest BCUT2D eigenvalue weighted by Crippen LogP contribution is -2.24. The Hall–Kier alpha value is -1.02. The second-order valence-corrected chi connectivity index (χ2v) is 4.92. The maximum Gasteiger partial charge on any atom is 0.227 e. The van der Waals surface area contributed by atoms with Crippen LogP contribution in [0.5, 0.6) is 0 Å². The van der Waals surface area contributed by atoms with Crippen LogP contribution < -0.4 is 5.32 Å². The fourth-order valence-corrected chi connectivity index (χ4v) is 2.46. The van der Waals surface area contributed by atoms with Crippen molar-refractivity contribution in [1.82, 2.24) is 0 Å². The Balaban J connectivity index is 1.92. The highest BCUT2D eigenvalue weighted by Gasteiger charge is 2.20. The number of hydrogen-bond donors (Lipinski definition) is 1. The van der Waals surface area contributed by atoms with E-state index in [9.17, 15) is 4.79 Å². The Morgan fingerprint density at radius 2 is 1.82 bits per heavy atom. The third-order valence-electron chi connectivity index (χ3n) is 3.35. The van der Waals surface area contributed by atoms with E-state index in [2.05, 4.69) is 5.32 Å². The van der Waals surface area contributed by atoms with Gasteiger partial charge in [-0.1, -0.05) is 31.4 Å². The normalized spacial score (nSPS) is 16.8. The highest BCUT2D eigenvalue weighted by atomic mass is 35.5. The molecular formula is C14H18ClNO. The minimum atomic E-state index is 0.170. The van der Waals surface area contributed by atoms with Crippen LogP contribution in [0.4, 0.5) is 5.69 Å². The fourth-order valence-electron chi connectivity index (χ4n) is 2.29. The topological polar surface area (TPSA) is 29.1 Å². The van der Waals surface area contributed by atoms with Gasteiger partial charge in [0.15, 0.2) is 0 Å². The van der Waals surface area contributed by atoms with Gasteiger partial charge >= 0.3 is 0 Å². The zero-order valence-electron chi connectivity index (χ0n) is 9.92. The van der Waals surface area contributed by atoms with Crippen molar-refractivity contribution in [2.24, 2.45) is 5.92 Å². The minimum absolute atomic E-state index is 0.170. The molecule has 2 nitrogen and oxygen atoms in total. The van der Waals surface area contributed by atoms with E-state index >= 15 is 0 Å². The molecular weight excluding hydrogens is 234 g/mol. The molecule has 0 bridgehead atoms. The Kier molecular flexibility index (Phi) is 4.43. The van der Waals surface area contributed by atoms with E-state index in [4.69, 9.17) is 11.6 Å². The molecule has 0 radical (unpaired) electrons. The Morgan fingerprint density at radius 3 is 2.41 bits per heavy atom. The fraction of sp³-hybridized carbons (Fsp3) is 0.500. The van der Waals surface area contributed by atoms with Gasteiger partial charge in [-0.15, -0.1) is 11.6 Å². The van der Waals surface area contributed by atoms with Gasteiger partial charge in [0.25, 0.3) is 0 Å². The number of carbonyl (C=O) groups is 1. The van der Waals surface area contributed by atoms with Gasteiger partial charge < -0.3 is 5.32 Å². The number of hydrogen-bond acceptors (Lipinski definition) is 1. The van der Waals surface area contributed by atoms with E-state index in [0.29, 0.717) is 5.88 Å². The van der Waals surface area contributed by atoms with Crippen molar-refractivity contribution >= 4 is 23.2 Å². The molecule has 1 fully saturated rings. The lowest BCUT2D eigenvalue weighted by atomic mass is 9.88. The van der Waals surface area contributed by atoms with Crippen LogP contribution in [0.1, 0.15) is 37.7 Å². The Labute approximate surface area is 107 Å². The lowest BCUT2D eigenvalue weighted by Gasteiger charge is -2.20. The SMILES string of the molecule is O=C(Nc1ccc(CCl)cc1)C1CCCCC1. The van der Waals surface area contributed by atoms with Crippen LogP contribution in [-0.2, 0) is 10.7 Å². The smallest absolute Gasteiger partial charge is 0.227 e. The zero-order chi connectivity index (χ0) is 12.1. The molecule has 0 unspecified atom stereocenters. The first kappa shape index (κ1) is 12.4. The van der Waals surface area contributed by atoms with E-state index < -0.39 is 0 Å². The quantitative estimate of drug-likeness (QED) is 0.810. The number of rotatable bonds is 3. The molecule has 1 aromatic carbocycles. The second-order valence-electron chi connectivity index (χ2n) is 4.65. The maximum absolute atomic E-state index is 12.0. The molecule has 3 heteroatoms. The summed E-state index contributed by atoms with van der Waals surface area (Å²) >= 11 is 5.72. The zero-order valence-corrected chi connectivity index (χ0v) is 10.7. The number of alkyl halides is 1.